The summed E-state index contributed by atoms with van der Waals surface area (Å²) in [6.45, 7) is 8.57. The Morgan fingerprint density at radius 3 is 2.56 bits per heavy atom. The Bertz CT molecular complexity index is 1560. The van der Waals surface area contributed by atoms with Crippen molar-refractivity contribution in [3.8, 4) is 26.9 Å². The Morgan fingerprint density at radius 2 is 1.87 bits per heavy atom. The second-order valence-corrected chi connectivity index (χ2v) is 11.3. The van der Waals surface area contributed by atoms with Crippen LogP contribution in [0.3, 0.4) is 0 Å². The first kappa shape index (κ1) is 25.6. The van der Waals surface area contributed by atoms with Crippen LogP contribution in [0.1, 0.15) is 12.5 Å². The number of aryl methyl sites for hydroxylation is 1. The molecule has 1 saturated heterocycles. The summed E-state index contributed by atoms with van der Waals surface area (Å²) in [5.74, 6) is 0.986. The van der Waals surface area contributed by atoms with E-state index in [0.717, 1.165) is 74.7 Å². The minimum Gasteiger partial charge on any atom is -0.492 e. The molecule has 0 bridgehead atoms. The number of benzene rings is 1. The lowest BCUT2D eigenvalue weighted by molar-refractivity contribution is -0.135. The van der Waals surface area contributed by atoms with Crippen molar-refractivity contribution in [2.75, 3.05) is 44.9 Å². The van der Waals surface area contributed by atoms with Gasteiger partial charge in [-0.3, -0.25) is 19.9 Å². The van der Waals surface area contributed by atoms with Crippen LogP contribution >= 0.6 is 22.7 Å². The predicted octanol–water partition coefficient (Wildman–Crippen LogP) is 4.75. The van der Waals surface area contributed by atoms with E-state index in [4.69, 9.17) is 19.4 Å². The number of aromatic nitrogens is 2. The van der Waals surface area contributed by atoms with Gasteiger partial charge in [-0.15, -0.1) is 22.7 Å². The van der Waals surface area contributed by atoms with Gasteiger partial charge in [-0.25, -0.2) is 9.97 Å². The lowest BCUT2D eigenvalue weighted by Gasteiger charge is -2.26. The van der Waals surface area contributed by atoms with Crippen LogP contribution in [0.25, 0.3) is 31.4 Å². The number of morpholine rings is 1. The third-order valence-electron chi connectivity index (χ3n) is 6.75. The highest BCUT2D eigenvalue weighted by molar-refractivity contribution is 7.22. The maximum absolute atomic E-state index is 12.6. The Kier molecular flexibility index (Phi) is 7.13. The van der Waals surface area contributed by atoms with Crippen LogP contribution in [0.4, 0.5) is 5.82 Å². The van der Waals surface area contributed by atoms with E-state index in [0.29, 0.717) is 23.8 Å². The quantitative estimate of drug-likeness (QED) is 0.308. The molecule has 1 N–H and O–H groups in total. The van der Waals surface area contributed by atoms with Crippen molar-refractivity contribution in [2.45, 2.75) is 13.8 Å². The number of carbonyl (C=O) groups excluding carboxylic acids is 2. The number of hydrogen-bond donors (Lipinski definition) is 1. The largest absolute Gasteiger partial charge is 0.492 e. The zero-order valence-corrected chi connectivity index (χ0v) is 23.2. The van der Waals surface area contributed by atoms with Crippen molar-refractivity contribution < 1.29 is 19.1 Å². The van der Waals surface area contributed by atoms with Gasteiger partial charge >= 0.3 is 0 Å². The molecule has 9 nitrogen and oxygen atoms in total. The topological polar surface area (TPSA) is 96.9 Å². The van der Waals surface area contributed by atoms with Crippen LogP contribution in [0.15, 0.2) is 53.4 Å². The minimum absolute atomic E-state index is 0.381. The number of rotatable bonds is 8. The van der Waals surface area contributed by atoms with E-state index in [1.165, 1.54) is 17.4 Å². The number of thiophene rings is 2. The van der Waals surface area contributed by atoms with Crippen molar-refractivity contribution in [3.05, 3.63) is 59.0 Å². The second-order valence-electron chi connectivity index (χ2n) is 9.35. The Hall–Kier alpha value is -3.64. The molecule has 0 aliphatic carbocycles. The molecule has 1 aromatic carbocycles. The molecular weight excluding hydrogens is 534 g/mol. The lowest BCUT2D eigenvalue weighted by Crippen LogP contribution is -2.38. The molecule has 200 valence electrons. The van der Waals surface area contributed by atoms with Crippen LogP contribution in [0, 0.1) is 6.92 Å². The lowest BCUT2D eigenvalue weighted by atomic mass is 10.1. The molecule has 39 heavy (non-hydrogen) atoms. The first-order valence-corrected chi connectivity index (χ1v) is 14.4. The van der Waals surface area contributed by atoms with Crippen LogP contribution in [0.2, 0.25) is 0 Å². The summed E-state index contributed by atoms with van der Waals surface area (Å²) in [5, 5.41) is 3.76. The van der Waals surface area contributed by atoms with Crippen molar-refractivity contribution in [3.63, 3.8) is 0 Å². The number of anilines is 1. The average molecular weight is 562 g/mol. The molecule has 0 atom stereocenters. The van der Waals surface area contributed by atoms with Gasteiger partial charge in [0.2, 0.25) is 0 Å². The van der Waals surface area contributed by atoms with Gasteiger partial charge in [0.05, 0.1) is 23.5 Å². The van der Waals surface area contributed by atoms with Gasteiger partial charge in [-0.2, -0.15) is 5.01 Å². The minimum atomic E-state index is -0.417. The molecule has 0 unspecified atom stereocenters. The number of fused-ring (bicyclic) bond motifs is 1. The number of nitrogens with one attached hydrogen (secondary N) is 1. The van der Waals surface area contributed by atoms with Gasteiger partial charge in [0, 0.05) is 36.2 Å². The van der Waals surface area contributed by atoms with E-state index in [-0.39, 0.29) is 5.91 Å². The summed E-state index contributed by atoms with van der Waals surface area (Å²) in [6.07, 6.45) is 1.32. The molecule has 5 heterocycles. The smallest absolute Gasteiger partial charge is 0.275 e. The molecule has 6 rings (SSSR count). The van der Waals surface area contributed by atoms with Gasteiger partial charge in [-0.1, -0.05) is 6.07 Å². The average Bonchev–Trinajstić information content (AvgIpc) is 3.66. The van der Waals surface area contributed by atoms with Crippen molar-refractivity contribution >= 4 is 50.5 Å². The maximum Gasteiger partial charge on any atom is 0.275 e. The number of ether oxygens (including phenoxy) is 2. The summed E-state index contributed by atoms with van der Waals surface area (Å²) in [5.41, 5.74) is 5.38. The molecule has 2 aliphatic rings. The SMILES string of the molecule is CC1=CC(=O)N(Nc2nc(-c3cccs3)nc3sc(-c4ccc(OCCN5CCOCC5)cc4)c(C)c23)C1=O. The molecule has 0 saturated carbocycles. The zero-order valence-electron chi connectivity index (χ0n) is 21.6. The number of hydrazine groups is 1. The summed E-state index contributed by atoms with van der Waals surface area (Å²) in [4.78, 5) is 39.7. The molecular formula is C28H27N5O4S2. The Labute approximate surface area is 233 Å². The summed E-state index contributed by atoms with van der Waals surface area (Å²) in [7, 11) is 0. The Balaban J connectivity index is 1.29. The molecule has 2 amide bonds. The first-order valence-electron chi connectivity index (χ1n) is 12.7. The van der Waals surface area contributed by atoms with Crippen molar-refractivity contribution in [2.24, 2.45) is 0 Å². The molecule has 2 aliphatic heterocycles. The fourth-order valence-electron chi connectivity index (χ4n) is 4.63. The van der Waals surface area contributed by atoms with Gasteiger partial charge in [0.15, 0.2) is 11.6 Å². The summed E-state index contributed by atoms with van der Waals surface area (Å²) >= 11 is 3.09. The highest BCUT2D eigenvalue weighted by Crippen LogP contribution is 2.42. The van der Waals surface area contributed by atoms with Crippen LogP contribution < -0.4 is 10.2 Å². The highest BCUT2D eigenvalue weighted by atomic mass is 32.1. The van der Waals surface area contributed by atoms with Gasteiger partial charge in [0.25, 0.3) is 11.8 Å². The number of imide groups is 1. The fourth-order valence-corrected chi connectivity index (χ4v) is 6.47. The fraction of sp³-hybridized carbons (Fsp3) is 0.286. The maximum atomic E-state index is 12.6. The standard InChI is InChI=1S/C28H27N5O4S2/c1-17-16-22(34)33(28(17)35)31-26-23-18(2)24(39-27(23)30-25(29-26)21-4-3-15-38-21)19-5-7-20(8-6-19)37-14-11-32-9-12-36-13-10-32/h3-8,15-16H,9-14H2,1-2H3,(H,29,30,31). The monoisotopic (exact) mass is 561 g/mol. The molecule has 11 heteroatoms. The van der Waals surface area contributed by atoms with E-state index >= 15 is 0 Å². The second kappa shape index (κ2) is 10.9. The van der Waals surface area contributed by atoms with E-state index in [1.807, 2.05) is 48.7 Å². The van der Waals surface area contributed by atoms with Gasteiger partial charge < -0.3 is 9.47 Å². The van der Waals surface area contributed by atoms with E-state index in [1.54, 1.807) is 18.3 Å². The number of carbonyl (C=O) groups is 2. The van der Waals surface area contributed by atoms with Gasteiger partial charge in [-0.05, 0) is 60.7 Å². The third-order valence-corrected chi connectivity index (χ3v) is 8.85. The van der Waals surface area contributed by atoms with Crippen LogP contribution in [-0.4, -0.2) is 71.1 Å². The van der Waals surface area contributed by atoms with Crippen molar-refractivity contribution in [1.29, 1.82) is 0 Å². The first-order chi connectivity index (χ1) is 19.0. The molecule has 1 fully saturated rings. The molecule has 4 aromatic rings. The number of nitrogens with zero attached hydrogens (tertiary/aromatic N) is 4. The summed E-state index contributed by atoms with van der Waals surface area (Å²) < 4.78 is 11.4. The molecule has 3 aromatic heterocycles. The zero-order chi connectivity index (χ0) is 26.9. The van der Waals surface area contributed by atoms with Gasteiger partial charge in [0.1, 0.15) is 17.2 Å². The highest BCUT2D eigenvalue weighted by Gasteiger charge is 2.30. The molecule has 0 spiro atoms. The normalized spacial score (nSPS) is 16.3. The number of hydrogen-bond acceptors (Lipinski definition) is 10. The van der Waals surface area contributed by atoms with Crippen LogP contribution in [0.5, 0.6) is 5.75 Å². The summed E-state index contributed by atoms with van der Waals surface area (Å²) in [6, 6.07) is 11.9. The molecule has 0 radical (unpaired) electrons. The predicted molar refractivity (Wildman–Crippen MR) is 153 cm³/mol. The third kappa shape index (κ3) is 5.18. The van der Waals surface area contributed by atoms with Crippen LogP contribution in [-0.2, 0) is 14.3 Å². The number of amides is 2. The van der Waals surface area contributed by atoms with Crippen molar-refractivity contribution in [1.82, 2.24) is 19.9 Å². The van der Waals surface area contributed by atoms with E-state index in [9.17, 15) is 9.59 Å². The van der Waals surface area contributed by atoms with E-state index < -0.39 is 5.91 Å². The van der Waals surface area contributed by atoms with E-state index in [2.05, 4.69) is 10.3 Å². The Morgan fingerprint density at radius 1 is 1.08 bits per heavy atom.